The first kappa shape index (κ1) is 21.2. The Bertz CT molecular complexity index is 1390. The molecule has 3 aliphatic rings. The molecule has 1 amide bonds. The van der Waals surface area contributed by atoms with Gasteiger partial charge in [0.25, 0.3) is 10.0 Å². The van der Waals surface area contributed by atoms with E-state index in [1.165, 1.54) is 4.31 Å². The van der Waals surface area contributed by atoms with Crippen LogP contribution in [0, 0.1) is 0 Å². The van der Waals surface area contributed by atoms with Gasteiger partial charge in [0.2, 0.25) is 12.7 Å². The van der Waals surface area contributed by atoms with Crippen molar-refractivity contribution >= 4 is 32.4 Å². The maximum atomic E-state index is 13.2. The topological polar surface area (TPSA) is 94.2 Å². The molecule has 1 fully saturated rings. The number of hydrogen-bond acceptors (Lipinski definition) is 6. The fraction of sp³-hybridized carbons (Fsp3) is 0.320. The Labute approximate surface area is 197 Å². The molecular weight excluding hydrogens is 456 g/mol. The van der Waals surface area contributed by atoms with Gasteiger partial charge in [0.05, 0.1) is 10.6 Å². The zero-order valence-electron chi connectivity index (χ0n) is 18.5. The van der Waals surface area contributed by atoms with Crippen LogP contribution in [0.2, 0.25) is 0 Å². The van der Waals surface area contributed by atoms with Crippen molar-refractivity contribution in [2.45, 2.75) is 23.2 Å². The van der Waals surface area contributed by atoms with Gasteiger partial charge in [-0.25, -0.2) is 8.42 Å². The number of hydrogen-bond donors (Lipinski definition) is 1. The Hall–Kier alpha value is -3.30. The minimum atomic E-state index is -3.79. The summed E-state index contributed by atoms with van der Waals surface area (Å²) >= 11 is 0. The molecular formula is C25H24N2O6S. The number of nitrogens with one attached hydrogen (secondary N) is 1. The summed E-state index contributed by atoms with van der Waals surface area (Å²) in [5, 5.41) is 4.51. The Morgan fingerprint density at radius 1 is 1.00 bits per heavy atom. The van der Waals surface area contributed by atoms with Gasteiger partial charge in [0.1, 0.15) is 6.54 Å². The lowest BCUT2D eigenvalue weighted by Gasteiger charge is -2.38. The zero-order chi connectivity index (χ0) is 23.3. The molecule has 0 spiro atoms. The van der Waals surface area contributed by atoms with Crippen LogP contribution >= 0.6 is 0 Å². The fourth-order valence-corrected chi connectivity index (χ4v) is 6.81. The Morgan fingerprint density at radius 2 is 1.76 bits per heavy atom. The number of fused-ring (bicyclic) bond motifs is 1. The molecule has 0 saturated carbocycles. The van der Waals surface area contributed by atoms with E-state index in [9.17, 15) is 13.2 Å². The van der Waals surface area contributed by atoms with Crippen LogP contribution in [0.5, 0.6) is 11.5 Å². The Balaban J connectivity index is 1.24. The molecule has 0 aromatic heterocycles. The van der Waals surface area contributed by atoms with Crippen LogP contribution in [-0.2, 0) is 25.0 Å². The number of nitrogens with zero attached hydrogens (tertiary/aromatic N) is 1. The Kier molecular flexibility index (Phi) is 4.93. The minimum absolute atomic E-state index is 0.199. The number of benzene rings is 3. The second kappa shape index (κ2) is 7.89. The molecule has 0 radical (unpaired) electrons. The monoisotopic (exact) mass is 480 g/mol. The van der Waals surface area contributed by atoms with E-state index >= 15 is 0 Å². The highest BCUT2D eigenvalue weighted by Crippen LogP contribution is 2.42. The molecule has 3 aromatic rings. The molecule has 9 heteroatoms. The maximum absolute atomic E-state index is 13.2. The molecule has 0 atom stereocenters. The van der Waals surface area contributed by atoms with Crippen molar-refractivity contribution in [3.8, 4) is 11.5 Å². The number of carbonyl (C=O) groups is 1. The molecule has 3 aliphatic heterocycles. The van der Waals surface area contributed by atoms with Crippen LogP contribution in [0.25, 0.3) is 10.8 Å². The predicted octanol–water partition coefficient (Wildman–Crippen LogP) is 2.94. The lowest BCUT2D eigenvalue weighted by Crippen LogP contribution is -2.47. The Morgan fingerprint density at radius 3 is 2.59 bits per heavy atom. The first-order chi connectivity index (χ1) is 16.5. The van der Waals surface area contributed by atoms with E-state index in [0.29, 0.717) is 42.3 Å². The molecule has 34 heavy (non-hydrogen) atoms. The van der Waals surface area contributed by atoms with Crippen LogP contribution in [-0.4, -0.2) is 47.4 Å². The van der Waals surface area contributed by atoms with Gasteiger partial charge in [-0.05, 0) is 48.1 Å². The highest BCUT2D eigenvalue weighted by Gasteiger charge is 2.39. The molecule has 8 nitrogen and oxygen atoms in total. The third kappa shape index (κ3) is 3.30. The highest BCUT2D eigenvalue weighted by molar-refractivity contribution is 7.93. The van der Waals surface area contributed by atoms with Crippen LogP contribution in [0.4, 0.5) is 5.69 Å². The van der Waals surface area contributed by atoms with Gasteiger partial charge in [0, 0.05) is 30.6 Å². The average molecular weight is 481 g/mol. The largest absolute Gasteiger partial charge is 0.454 e. The van der Waals surface area contributed by atoms with E-state index in [-0.39, 0.29) is 29.6 Å². The predicted molar refractivity (Wildman–Crippen MR) is 126 cm³/mol. The van der Waals surface area contributed by atoms with Crippen LogP contribution in [0.15, 0.2) is 59.5 Å². The second-order valence-corrected chi connectivity index (χ2v) is 10.7. The summed E-state index contributed by atoms with van der Waals surface area (Å²) in [4.78, 5) is 13.3. The fourth-order valence-electron chi connectivity index (χ4n) is 5.14. The molecule has 0 unspecified atom stereocenters. The summed E-state index contributed by atoms with van der Waals surface area (Å²) in [6.07, 6.45) is 1.47. The second-order valence-electron chi connectivity index (χ2n) is 8.88. The summed E-state index contributed by atoms with van der Waals surface area (Å²) in [6.45, 7) is 1.47. The van der Waals surface area contributed by atoms with Gasteiger partial charge in [-0.1, -0.05) is 30.3 Å². The minimum Gasteiger partial charge on any atom is -0.454 e. The maximum Gasteiger partial charge on any atom is 0.265 e. The molecule has 6 rings (SSSR count). The molecule has 3 aromatic carbocycles. The van der Waals surface area contributed by atoms with Gasteiger partial charge in [-0.2, -0.15) is 0 Å². The van der Waals surface area contributed by atoms with E-state index in [0.717, 1.165) is 23.8 Å². The first-order valence-electron chi connectivity index (χ1n) is 11.3. The van der Waals surface area contributed by atoms with Crippen molar-refractivity contribution in [3.05, 3.63) is 60.2 Å². The smallest absolute Gasteiger partial charge is 0.265 e. The molecule has 1 N–H and O–H groups in total. The number of amides is 1. The number of anilines is 1. The van der Waals surface area contributed by atoms with Gasteiger partial charge < -0.3 is 19.5 Å². The molecule has 176 valence electrons. The number of ether oxygens (including phenoxy) is 3. The number of rotatable bonds is 5. The number of sulfonamides is 1. The standard InChI is InChI=1S/C25H24N2O6S/c28-23(14-27-19-5-1-3-17-4-2-6-22(24(17)19)34(27,29)30)26-15-25(9-11-31-12-10-25)18-7-8-20-21(13-18)33-16-32-20/h1-8,13H,9-12,14-16H2,(H,26,28). The molecule has 0 bridgehead atoms. The normalized spacial score (nSPS) is 19.4. The van der Waals surface area contributed by atoms with Crippen molar-refractivity contribution in [1.29, 1.82) is 0 Å². The zero-order valence-corrected chi connectivity index (χ0v) is 19.3. The molecule has 1 saturated heterocycles. The third-order valence-corrected chi connectivity index (χ3v) is 8.83. The highest BCUT2D eigenvalue weighted by atomic mass is 32.2. The van der Waals surface area contributed by atoms with Crippen molar-refractivity contribution in [1.82, 2.24) is 5.32 Å². The van der Waals surface area contributed by atoms with Crippen molar-refractivity contribution < 1.29 is 27.4 Å². The molecule has 0 aliphatic carbocycles. The van der Waals surface area contributed by atoms with E-state index < -0.39 is 10.0 Å². The van der Waals surface area contributed by atoms with E-state index in [2.05, 4.69) is 5.32 Å². The van der Waals surface area contributed by atoms with Gasteiger partial charge in [-0.3, -0.25) is 9.10 Å². The summed E-state index contributed by atoms with van der Waals surface area (Å²) in [5.74, 6) is 1.06. The van der Waals surface area contributed by atoms with Crippen molar-refractivity contribution in [2.75, 3.05) is 37.4 Å². The van der Waals surface area contributed by atoms with E-state index in [1.807, 2.05) is 36.4 Å². The van der Waals surface area contributed by atoms with Crippen molar-refractivity contribution in [2.24, 2.45) is 0 Å². The quantitative estimate of drug-likeness (QED) is 0.604. The number of carbonyl (C=O) groups excluding carboxylic acids is 1. The lowest BCUT2D eigenvalue weighted by molar-refractivity contribution is -0.120. The van der Waals surface area contributed by atoms with Gasteiger partial charge >= 0.3 is 0 Å². The SMILES string of the molecule is O=C(CN1c2cccc3cccc(c23)S1(=O)=O)NCC1(c2ccc3c(c2)OCO3)CCOCC1. The summed E-state index contributed by atoms with van der Waals surface area (Å²) in [7, 11) is -3.79. The average Bonchev–Trinajstić information content (AvgIpc) is 3.41. The van der Waals surface area contributed by atoms with Crippen LogP contribution in [0.1, 0.15) is 18.4 Å². The summed E-state index contributed by atoms with van der Waals surface area (Å²) < 4.78 is 44.2. The first-order valence-corrected chi connectivity index (χ1v) is 12.7. The van der Waals surface area contributed by atoms with Gasteiger partial charge in [-0.15, -0.1) is 0 Å². The van der Waals surface area contributed by atoms with E-state index in [4.69, 9.17) is 14.2 Å². The summed E-state index contributed by atoms with van der Waals surface area (Å²) in [5.41, 5.74) is 1.26. The van der Waals surface area contributed by atoms with Gasteiger partial charge in [0.15, 0.2) is 11.5 Å². The lowest BCUT2D eigenvalue weighted by atomic mass is 9.74. The molecule has 3 heterocycles. The third-order valence-electron chi connectivity index (χ3n) is 7.03. The summed E-state index contributed by atoms with van der Waals surface area (Å²) in [6, 6.07) is 16.5. The van der Waals surface area contributed by atoms with Crippen LogP contribution < -0.4 is 19.1 Å². The van der Waals surface area contributed by atoms with E-state index in [1.54, 1.807) is 18.2 Å². The van der Waals surface area contributed by atoms with Crippen molar-refractivity contribution in [3.63, 3.8) is 0 Å². The van der Waals surface area contributed by atoms with Crippen LogP contribution in [0.3, 0.4) is 0 Å².